The van der Waals surface area contributed by atoms with E-state index in [9.17, 15) is 4.79 Å². The molecule has 122 valence electrons. The molecule has 1 heterocycles. The second-order valence-corrected chi connectivity index (χ2v) is 7.89. The monoisotopic (exact) mass is 304 g/mol. The Morgan fingerprint density at radius 1 is 1.36 bits per heavy atom. The van der Waals surface area contributed by atoms with Crippen LogP contribution in [0.1, 0.15) is 64.7 Å². The topological polar surface area (TPSA) is 35.5 Å². The fourth-order valence-electron chi connectivity index (χ4n) is 3.08. The van der Waals surface area contributed by atoms with Crippen molar-refractivity contribution in [1.82, 2.24) is 0 Å². The van der Waals surface area contributed by atoms with Gasteiger partial charge in [-0.2, -0.15) is 0 Å². The van der Waals surface area contributed by atoms with Gasteiger partial charge in [0, 0.05) is 17.5 Å². The Morgan fingerprint density at radius 2 is 2.00 bits per heavy atom. The van der Waals surface area contributed by atoms with Crippen LogP contribution in [0.15, 0.2) is 12.1 Å². The van der Waals surface area contributed by atoms with Crippen LogP contribution in [0.5, 0.6) is 5.75 Å². The molecule has 1 unspecified atom stereocenters. The standard InChI is InChI=1S/C19H28O3/c1-8-21-17(20)15-11-19(6,7)14-10-12(2)9-13(16(14)22-15)18(3,4)5/h9-10,15H,8,11H2,1-7H3. The summed E-state index contributed by atoms with van der Waals surface area (Å²) in [4.78, 5) is 12.2. The molecular formula is C19H28O3. The summed E-state index contributed by atoms with van der Waals surface area (Å²) in [5, 5.41) is 0. The quantitative estimate of drug-likeness (QED) is 0.765. The molecule has 0 N–H and O–H groups in total. The van der Waals surface area contributed by atoms with Crippen LogP contribution in [0.2, 0.25) is 0 Å². The molecule has 0 saturated heterocycles. The first-order valence-corrected chi connectivity index (χ1v) is 8.05. The van der Waals surface area contributed by atoms with Crippen LogP contribution in [0.3, 0.4) is 0 Å². The molecule has 0 saturated carbocycles. The molecule has 0 spiro atoms. The van der Waals surface area contributed by atoms with Crippen LogP contribution in [-0.4, -0.2) is 18.7 Å². The average Bonchev–Trinajstić information content (AvgIpc) is 2.37. The zero-order chi connectivity index (χ0) is 16.7. The predicted octanol–water partition coefficient (Wildman–Crippen LogP) is 4.28. The lowest BCUT2D eigenvalue weighted by Crippen LogP contribution is -2.41. The Kier molecular flexibility index (Phi) is 4.29. The number of aryl methyl sites for hydroxylation is 1. The predicted molar refractivity (Wildman–Crippen MR) is 88.6 cm³/mol. The third-order valence-corrected chi connectivity index (χ3v) is 4.28. The van der Waals surface area contributed by atoms with Crippen molar-refractivity contribution >= 4 is 5.97 Å². The van der Waals surface area contributed by atoms with Gasteiger partial charge in [0.2, 0.25) is 0 Å². The lowest BCUT2D eigenvalue weighted by atomic mass is 9.73. The highest BCUT2D eigenvalue weighted by Gasteiger charge is 2.41. The normalized spacial score (nSPS) is 20.0. The maximum Gasteiger partial charge on any atom is 0.347 e. The number of carbonyl (C=O) groups is 1. The molecule has 1 aliphatic heterocycles. The fraction of sp³-hybridized carbons (Fsp3) is 0.632. The SMILES string of the molecule is CCOC(=O)C1CC(C)(C)c2cc(C)cc(C(C)(C)C)c2O1. The Bertz CT molecular complexity index is 562. The minimum atomic E-state index is -0.522. The molecule has 1 aromatic carbocycles. The van der Waals surface area contributed by atoms with Crippen LogP contribution in [0, 0.1) is 6.92 Å². The Labute approximate surface area is 134 Å². The molecule has 22 heavy (non-hydrogen) atoms. The zero-order valence-corrected chi connectivity index (χ0v) is 14.9. The van der Waals surface area contributed by atoms with Crippen molar-refractivity contribution in [3.63, 3.8) is 0 Å². The van der Waals surface area contributed by atoms with Gasteiger partial charge in [-0.05, 0) is 24.7 Å². The largest absolute Gasteiger partial charge is 0.478 e. The van der Waals surface area contributed by atoms with Gasteiger partial charge < -0.3 is 9.47 Å². The minimum Gasteiger partial charge on any atom is -0.478 e. The van der Waals surface area contributed by atoms with Gasteiger partial charge in [-0.3, -0.25) is 0 Å². The van der Waals surface area contributed by atoms with E-state index in [1.54, 1.807) is 0 Å². The van der Waals surface area contributed by atoms with Crippen LogP contribution >= 0.6 is 0 Å². The van der Waals surface area contributed by atoms with Gasteiger partial charge in [-0.15, -0.1) is 0 Å². The molecule has 0 radical (unpaired) electrons. The lowest BCUT2D eigenvalue weighted by molar-refractivity contribution is -0.153. The smallest absolute Gasteiger partial charge is 0.347 e. The van der Waals surface area contributed by atoms with Crippen molar-refractivity contribution in [2.75, 3.05) is 6.61 Å². The van der Waals surface area contributed by atoms with Gasteiger partial charge in [-0.1, -0.05) is 52.3 Å². The van der Waals surface area contributed by atoms with Crippen molar-refractivity contribution < 1.29 is 14.3 Å². The van der Waals surface area contributed by atoms with E-state index in [1.807, 2.05) is 6.92 Å². The lowest BCUT2D eigenvalue weighted by Gasteiger charge is -2.39. The molecule has 0 aliphatic carbocycles. The van der Waals surface area contributed by atoms with Gasteiger partial charge in [0.05, 0.1) is 6.61 Å². The molecule has 0 bridgehead atoms. The first-order valence-electron chi connectivity index (χ1n) is 8.05. The third kappa shape index (κ3) is 3.13. The molecule has 1 aromatic rings. The third-order valence-electron chi connectivity index (χ3n) is 4.28. The number of esters is 1. The number of hydrogen-bond acceptors (Lipinski definition) is 3. The van der Waals surface area contributed by atoms with E-state index >= 15 is 0 Å². The summed E-state index contributed by atoms with van der Waals surface area (Å²) in [5.74, 6) is 0.606. The summed E-state index contributed by atoms with van der Waals surface area (Å²) in [6, 6.07) is 4.36. The van der Waals surface area contributed by atoms with Crippen LogP contribution < -0.4 is 4.74 Å². The second-order valence-electron chi connectivity index (χ2n) is 7.89. The molecule has 1 atom stereocenters. The fourth-order valence-corrected chi connectivity index (χ4v) is 3.08. The summed E-state index contributed by atoms with van der Waals surface area (Å²) in [7, 11) is 0. The van der Waals surface area contributed by atoms with Gasteiger partial charge in [0.25, 0.3) is 0 Å². The van der Waals surface area contributed by atoms with Gasteiger partial charge >= 0.3 is 5.97 Å². The Morgan fingerprint density at radius 3 is 2.55 bits per heavy atom. The van der Waals surface area contributed by atoms with E-state index in [-0.39, 0.29) is 16.8 Å². The van der Waals surface area contributed by atoms with Gasteiger partial charge in [0.1, 0.15) is 5.75 Å². The minimum absolute atomic E-state index is 0.0390. The molecule has 0 amide bonds. The van der Waals surface area contributed by atoms with E-state index in [4.69, 9.17) is 9.47 Å². The number of ether oxygens (including phenoxy) is 2. The molecule has 0 aromatic heterocycles. The second kappa shape index (κ2) is 5.60. The number of carbonyl (C=O) groups excluding carboxylic acids is 1. The highest BCUT2D eigenvalue weighted by molar-refractivity contribution is 5.76. The number of hydrogen-bond donors (Lipinski definition) is 0. The Balaban J connectivity index is 2.56. The molecule has 3 heteroatoms. The maximum atomic E-state index is 12.2. The van der Waals surface area contributed by atoms with E-state index in [0.717, 1.165) is 11.3 Å². The molecule has 3 nitrogen and oxygen atoms in total. The summed E-state index contributed by atoms with van der Waals surface area (Å²) in [6.45, 7) is 15.2. The molecule has 2 rings (SSSR count). The average molecular weight is 304 g/mol. The number of rotatable bonds is 2. The zero-order valence-electron chi connectivity index (χ0n) is 14.9. The van der Waals surface area contributed by atoms with Crippen molar-refractivity contribution in [3.05, 3.63) is 28.8 Å². The summed E-state index contributed by atoms with van der Waals surface area (Å²) >= 11 is 0. The Hall–Kier alpha value is -1.51. The molecule has 0 fully saturated rings. The van der Waals surface area contributed by atoms with Gasteiger partial charge in [-0.25, -0.2) is 4.79 Å². The highest BCUT2D eigenvalue weighted by atomic mass is 16.6. The summed E-state index contributed by atoms with van der Waals surface area (Å²) in [6.07, 6.45) is 0.123. The van der Waals surface area contributed by atoms with Crippen molar-refractivity contribution in [1.29, 1.82) is 0 Å². The summed E-state index contributed by atoms with van der Waals surface area (Å²) in [5.41, 5.74) is 3.43. The van der Waals surface area contributed by atoms with Crippen LogP contribution in [-0.2, 0) is 20.4 Å². The van der Waals surface area contributed by atoms with Crippen molar-refractivity contribution in [3.8, 4) is 5.75 Å². The maximum absolute atomic E-state index is 12.2. The van der Waals surface area contributed by atoms with Crippen molar-refractivity contribution in [2.45, 2.75) is 71.8 Å². The van der Waals surface area contributed by atoms with E-state index in [0.29, 0.717) is 13.0 Å². The van der Waals surface area contributed by atoms with Crippen LogP contribution in [0.25, 0.3) is 0 Å². The first-order chi connectivity index (χ1) is 10.1. The highest BCUT2D eigenvalue weighted by Crippen LogP contribution is 2.46. The number of fused-ring (bicyclic) bond motifs is 1. The molecular weight excluding hydrogens is 276 g/mol. The van der Waals surface area contributed by atoms with E-state index < -0.39 is 6.10 Å². The van der Waals surface area contributed by atoms with Crippen LogP contribution in [0.4, 0.5) is 0 Å². The van der Waals surface area contributed by atoms with E-state index in [1.165, 1.54) is 11.1 Å². The summed E-state index contributed by atoms with van der Waals surface area (Å²) < 4.78 is 11.3. The van der Waals surface area contributed by atoms with Gasteiger partial charge in [0.15, 0.2) is 6.10 Å². The van der Waals surface area contributed by atoms with E-state index in [2.05, 4.69) is 53.7 Å². The van der Waals surface area contributed by atoms with Crippen molar-refractivity contribution in [2.24, 2.45) is 0 Å². The first kappa shape index (κ1) is 16.9. The number of benzene rings is 1. The molecule has 1 aliphatic rings.